The summed E-state index contributed by atoms with van der Waals surface area (Å²) in [6, 6.07) is 7.13. The van der Waals surface area contributed by atoms with Crippen molar-refractivity contribution in [1.29, 1.82) is 0 Å². The fourth-order valence-electron chi connectivity index (χ4n) is 1.23. The molecule has 1 heterocycles. The summed E-state index contributed by atoms with van der Waals surface area (Å²) in [6.07, 6.45) is 0.963. The highest BCUT2D eigenvalue weighted by molar-refractivity contribution is 6.31. The lowest BCUT2D eigenvalue weighted by Gasteiger charge is -2.07. The summed E-state index contributed by atoms with van der Waals surface area (Å²) in [5.74, 6) is -0.885. The highest BCUT2D eigenvalue weighted by atomic mass is 35.5. The van der Waals surface area contributed by atoms with Gasteiger partial charge < -0.3 is 10.5 Å². The van der Waals surface area contributed by atoms with Crippen LogP contribution < -0.4 is 10.5 Å². The number of hydrogen-bond donors (Lipinski definition) is 1. The van der Waals surface area contributed by atoms with Gasteiger partial charge in [0.05, 0.1) is 6.20 Å². The molecule has 0 saturated carbocycles. The zero-order valence-electron chi connectivity index (χ0n) is 8.73. The highest BCUT2D eigenvalue weighted by Crippen LogP contribution is 2.19. The number of aromatic nitrogens is 2. The van der Waals surface area contributed by atoms with Gasteiger partial charge in [-0.15, -0.1) is 0 Å². The first kappa shape index (κ1) is 11.6. The van der Waals surface area contributed by atoms with E-state index in [-0.39, 0.29) is 18.4 Å². The van der Waals surface area contributed by atoms with Crippen molar-refractivity contribution >= 4 is 17.5 Å². The smallest absolute Gasteiger partial charge is 0.255 e. The standard InChI is InChI=1S/C11H9ClFN3O/c12-8-4-2-1-3-7(8)6-17-10-9(13)5-15-11(14)16-10/h1-5H,6H2,(H2,14,15,16). The molecule has 17 heavy (non-hydrogen) atoms. The molecular weight excluding hydrogens is 245 g/mol. The number of anilines is 1. The Balaban J connectivity index is 2.12. The van der Waals surface area contributed by atoms with Crippen LogP contribution in [0.1, 0.15) is 5.56 Å². The van der Waals surface area contributed by atoms with Crippen LogP contribution in [-0.4, -0.2) is 9.97 Å². The average Bonchev–Trinajstić information content (AvgIpc) is 2.32. The summed E-state index contributed by atoms with van der Waals surface area (Å²) >= 11 is 5.93. The van der Waals surface area contributed by atoms with E-state index in [1.807, 2.05) is 6.07 Å². The molecule has 0 unspecified atom stereocenters. The van der Waals surface area contributed by atoms with Crippen LogP contribution >= 0.6 is 11.6 Å². The van der Waals surface area contributed by atoms with Crippen LogP contribution in [0.5, 0.6) is 5.88 Å². The molecule has 6 heteroatoms. The van der Waals surface area contributed by atoms with Crippen molar-refractivity contribution in [1.82, 2.24) is 9.97 Å². The first-order valence-corrected chi connectivity index (χ1v) is 5.19. The SMILES string of the molecule is Nc1ncc(F)c(OCc2ccccc2Cl)n1. The van der Waals surface area contributed by atoms with E-state index < -0.39 is 5.82 Å². The van der Waals surface area contributed by atoms with E-state index in [0.717, 1.165) is 11.8 Å². The molecule has 0 atom stereocenters. The molecule has 0 aliphatic rings. The molecule has 0 aliphatic carbocycles. The maximum absolute atomic E-state index is 13.2. The van der Waals surface area contributed by atoms with Crippen LogP contribution in [0, 0.1) is 5.82 Å². The second-order valence-corrected chi connectivity index (χ2v) is 3.67. The van der Waals surface area contributed by atoms with Gasteiger partial charge in [0.25, 0.3) is 5.88 Å². The number of nitrogens with two attached hydrogens (primary N) is 1. The predicted molar refractivity (Wildman–Crippen MR) is 62.2 cm³/mol. The van der Waals surface area contributed by atoms with Crippen molar-refractivity contribution in [3.8, 4) is 5.88 Å². The van der Waals surface area contributed by atoms with Gasteiger partial charge in [0, 0.05) is 10.6 Å². The third-order valence-corrected chi connectivity index (χ3v) is 2.42. The molecule has 0 bridgehead atoms. The van der Waals surface area contributed by atoms with Gasteiger partial charge >= 0.3 is 0 Å². The third-order valence-electron chi connectivity index (χ3n) is 2.05. The lowest BCUT2D eigenvalue weighted by Crippen LogP contribution is -2.03. The lowest BCUT2D eigenvalue weighted by atomic mass is 10.2. The van der Waals surface area contributed by atoms with E-state index in [1.54, 1.807) is 18.2 Å². The number of rotatable bonds is 3. The second kappa shape index (κ2) is 4.97. The Hall–Kier alpha value is -1.88. The Morgan fingerprint density at radius 2 is 2.12 bits per heavy atom. The molecule has 88 valence electrons. The average molecular weight is 254 g/mol. The zero-order valence-corrected chi connectivity index (χ0v) is 9.49. The highest BCUT2D eigenvalue weighted by Gasteiger charge is 2.08. The fourth-order valence-corrected chi connectivity index (χ4v) is 1.42. The monoisotopic (exact) mass is 253 g/mol. The van der Waals surface area contributed by atoms with E-state index >= 15 is 0 Å². The molecule has 0 amide bonds. The third kappa shape index (κ3) is 2.82. The van der Waals surface area contributed by atoms with Gasteiger partial charge in [-0.3, -0.25) is 0 Å². The van der Waals surface area contributed by atoms with Gasteiger partial charge in [-0.1, -0.05) is 29.8 Å². The molecule has 0 spiro atoms. The summed E-state index contributed by atoms with van der Waals surface area (Å²) in [5.41, 5.74) is 6.07. The predicted octanol–water partition coefficient (Wildman–Crippen LogP) is 2.43. The van der Waals surface area contributed by atoms with Crippen molar-refractivity contribution in [2.45, 2.75) is 6.61 Å². The summed E-state index contributed by atoms with van der Waals surface area (Å²) in [5, 5.41) is 0.551. The topological polar surface area (TPSA) is 61.0 Å². The lowest BCUT2D eigenvalue weighted by molar-refractivity contribution is 0.277. The maximum atomic E-state index is 13.2. The van der Waals surface area contributed by atoms with E-state index in [0.29, 0.717) is 5.02 Å². The Kier molecular flexibility index (Phi) is 3.39. The van der Waals surface area contributed by atoms with E-state index in [9.17, 15) is 4.39 Å². The second-order valence-electron chi connectivity index (χ2n) is 3.26. The molecular formula is C11H9ClFN3O. The molecule has 2 rings (SSSR count). The van der Waals surface area contributed by atoms with Crippen molar-refractivity contribution in [3.05, 3.63) is 46.9 Å². The number of nitrogens with zero attached hydrogens (tertiary/aromatic N) is 2. The number of benzene rings is 1. The van der Waals surface area contributed by atoms with Gasteiger partial charge in [-0.2, -0.15) is 9.37 Å². The molecule has 0 radical (unpaired) electrons. The number of hydrogen-bond acceptors (Lipinski definition) is 4. The molecule has 0 fully saturated rings. The Bertz CT molecular complexity index is 536. The Labute approximate surface area is 102 Å². The van der Waals surface area contributed by atoms with E-state index in [2.05, 4.69) is 9.97 Å². The quantitative estimate of drug-likeness (QED) is 0.913. The molecule has 2 N–H and O–H groups in total. The van der Waals surface area contributed by atoms with Crippen molar-refractivity contribution in [3.63, 3.8) is 0 Å². The first-order valence-electron chi connectivity index (χ1n) is 4.81. The molecule has 4 nitrogen and oxygen atoms in total. The minimum Gasteiger partial charge on any atom is -0.471 e. The van der Waals surface area contributed by atoms with Crippen LogP contribution in [0.15, 0.2) is 30.5 Å². The largest absolute Gasteiger partial charge is 0.471 e. The van der Waals surface area contributed by atoms with Gasteiger partial charge in [-0.25, -0.2) is 4.98 Å². The van der Waals surface area contributed by atoms with Crippen LogP contribution in [0.3, 0.4) is 0 Å². The molecule has 1 aromatic heterocycles. The number of ether oxygens (including phenoxy) is 1. The van der Waals surface area contributed by atoms with Crippen LogP contribution in [0.2, 0.25) is 5.02 Å². The van der Waals surface area contributed by atoms with Crippen LogP contribution in [-0.2, 0) is 6.61 Å². The van der Waals surface area contributed by atoms with Gasteiger partial charge in [0.2, 0.25) is 11.8 Å². The Morgan fingerprint density at radius 1 is 1.35 bits per heavy atom. The first-order chi connectivity index (χ1) is 8.16. The minimum atomic E-state index is -0.661. The molecule has 2 aromatic rings. The number of halogens is 2. The number of nitrogen functional groups attached to an aromatic ring is 1. The normalized spacial score (nSPS) is 10.2. The molecule has 0 saturated heterocycles. The summed E-state index contributed by atoms with van der Waals surface area (Å²) in [6.45, 7) is 0.118. The zero-order chi connectivity index (χ0) is 12.3. The Morgan fingerprint density at radius 3 is 2.88 bits per heavy atom. The van der Waals surface area contributed by atoms with E-state index in [4.69, 9.17) is 22.1 Å². The summed E-state index contributed by atoms with van der Waals surface area (Å²) in [7, 11) is 0. The van der Waals surface area contributed by atoms with Gasteiger partial charge in [-0.05, 0) is 6.07 Å². The van der Waals surface area contributed by atoms with Crippen LogP contribution in [0.25, 0.3) is 0 Å². The van der Waals surface area contributed by atoms with Crippen LogP contribution in [0.4, 0.5) is 10.3 Å². The maximum Gasteiger partial charge on any atom is 0.255 e. The minimum absolute atomic E-state index is 0.0411. The van der Waals surface area contributed by atoms with E-state index in [1.165, 1.54) is 0 Å². The molecule has 0 aliphatic heterocycles. The fraction of sp³-hybridized carbons (Fsp3) is 0.0909. The summed E-state index contributed by atoms with van der Waals surface area (Å²) in [4.78, 5) is 7.14. The van der Waals surface area contributed by atoms with Gasteiger partial charge in [0.1, 0.15) is 6.61 Å². The summed E-state index contributed by atoms with van der Waals surface area (Å²) < 4.78 is 18.4. The van der Waals surface area contributed by atoms with Gasteiger partial charge in [0.15, 0.2) is 0 Å². The van der Waals surface area contributed by atoms with Crippen molar-refractivity contribution in [2.24, 2.45) is 0 Å². The molecule has 1 aromatic carbocycles. The van der Waals surface area contributed by atoms with Crippen molar-refractivity contribution < 1.29 is 9.13 Å². The van der Waals surface area contributed by atoms with Crippen molar-refractivity contribution in [2.75, 3.05) is 5.73 Å².